The number of anilines is 1. The second-order valence-corrected chi connectivity index (χ2v) is 6.09. The molecule has 0 saturated heterocycles. The molecule has 3 rings (SSSR count). The number of hydrogen-bond acceptors (Lipinski definition) is 4. The van der Waals surface area contributed by atoms with Gasteiger partial charge >= 0.3 is 5.97 Å². The molecule has 0 radical (unpaired) electrons. The van der Waals surface area contributed by atoms with Crippen LogP contribution in [0.15, 0.2) is 12.1 Å². The zero-order chi connectivity index (χ0) is 15.0. The van der Waals surface area contributed by atoms with Crippen LogP contribution in [0.25, 0.3) is 11.2 Å². The summed E-state index contributed by atoms with van der Waals surface area (Å²) in [6, 6.07) is 3.86. The van der Waals surface area contributed by atoms with Gasteiger partial charge in [0.2, 0.25) is 0 Å². The molecular weight excluding hydrogens is 268 g/mol. The summed E-state index contributed by atoms with van der Waals surface area (Å²) in [6.45, 7) is 0. The molecule has 0 amide bonds. The molecule has 112 valence electrons. The molecule has 2 heterocycles. The van der Waals surface area contributed by atoms with E-state index >= 15 is 0 Å². The average molecular weight is 288 g/mol. The van der Waals surface area contributed by atoms with Gasteiger partial charge in [-0.15, -0.1) is 0 Å². The van der Waals surface area contributed by atoms with Crippen molar-refractivity contribution in [3.05, 3.63) is 18.0 Å². The number of rotatable bonds is 4. The lowest BCUT2D eigenvalue weighted by atomic mass is 9.82. The number of H-pyrrole nitrogens is 1. The molecule has 1 fully saturated rings. The Labute approximate surface area is 123 Å². The van der Waals surface area contributed by atoms with Crippen molar-refractivity contribution < 1.29 is 9.90 Å². The topological polar surface area (TPSA) is 82.1 Å². The predicted octanol–water partition coefficient (Wildman–Crippen LogP) is 2.21. The molecule has 2 aromatic rings. The third-order valence-corrected chi connectivity index (χ3v) is 4.36. The van der Waals surface area contributed by atoms with Gasteiger partial charge in [0.05, 0.1) is 10.9 Å². The number of aromatic amines is 1. The van der Waals surface area contributed by atoms with Gasteiger partial charge in [-0.25, -0.2) is 9.97 Å². The first-order valence-electron chi connectivity index (χ1n) is 7.27. The molecule has 0 bridgehead atoms. The normalized spacial score (nSPS) is 17.2. The highest BCUT2D eigenvalue weighted by Crippen LogP contribution is 2.41. The molecule has 6 heteroatoms. The van der Waals surface area contributed by atoms with E-state index in [9.17, 15) is 9.90 Å². The third kappa shape index (κ3) is 2.46. The Hall–Kier alpha value is -2.11. The second kappa shape index (κ2) is 5.02. The van der Waals surface area contributed by atoms with Crippen molar-refractivity contribution in [2.75, 3.05) is 19.0 Å². The molecule has 2 N–H and O–H groups in total. The first kappa shape index (κ1) is 13.9. The standard InChI is InChI=1S/C15H20N4O2/c1-19(2)12-6-5-10-13(18-12)17-11(16-10)9-15(14(20)21)7-3-4-8-15/h5-6H,3-4,7-9H2,1-2H3,(H,20,21)(H,16,17,18). The smallest absolute Gasteiger partial charge is 0.310 e. The molecule has 1 aliphatic rings. The van der Waals surface area contributed by atoms with Gasteiger partial charge in [-0.3, -0.25) is 4.79 Å². The van der Waals surface area contributed by atoms with Crippen LogP contribution in [0.5, 0.6) is 0 Å². The molecule has 0 unspecified atom stereocenters. The number of aliphatic carboxylic acids is 1. The number of imidazole rings is 1. The highest BCUT2D eigenvalue weighted by molar-refractivity contribution is 5.76. The van der Waals surface area contributed by atoms with E-state index in [1.54, 1.807) is 0 Å². The van der Waals surface area contributed by atoms with Crippen LogP contribution in [0.4, 0.5) is 5.82 Å². The molecule has 6 nitrogen and oxygen atoms in total. The van der Waals surface area contributed by atoms with Crippen molar-refractivity contribution in [1.82, 2.24) is 15.0 Å². The summed E-state index contributed by atoms with van der Waals surface area (Å²) < 4.78 is 0. The van der Waals surface area contributed by atoms with Crippen LogP contribution in [0, 0.1) is 5.41 Å². The Kier molecular flexibility index (Phi) is 3.31. The fraction of sp³-hybridized carbons (Fsp3) is 0.533. The van der Waals surface area contributed by atoms with E-state index < -0.39 is 11.4 Å². The molecule has 0 atom stereocenters. The van der Waals surface area contributed by atoms with Gasteiger partial charge in [-0.05, 0) is 25.0 Å². The fourth-order valence-corrected chi connectivity index (χ4v) is 3.10. The molecule has 1 aliphatic carbocycles. The maximum Gasteiger partial charge on any atom is 0.310 e. The summed E-state index contributed by atoms with van der Waals surface area (Å²) in [4.78, 5) is 25.7. The van der Waals surface area contributed by atoms with Crippen LogP contribution in [0.1, 0.15) is 31.5 Å². The van der Waals surface area contributed by atoms with E-state index in [-0.39, 0.29) is 0 Å². The number of nitrogens with zero attached hydrogens (tertiary/aromatic N) is 3. The monoisotopic (exact) mass is 288 g/mol. The quantitative estimate of drug-likeness (QED) is 0.901. The fourth-order valence-electron chi connectivity index (χ4n) is 3.10. The maximum absolute atomic E-state index is 11.6. The van der Waals surface area contributed by atoms with Gasteiger partial charge in [0.25, 0.3) is 0 Å². The minimum Gasteiger partial charge on any atom is -0.481 e. The van der Waals surface area contributed by atoms with Gasteiger partial charge < -0.3 is 15.0 Å². The van der Waals surface area contributed by atoms with Crippen LogP contribution < -0.4 is 4.90 Å². The lowest BCUT2D eigenvalue weighted by molar-refractivity contribution is -0.148. The Morgan fingerprint density at radius 3 is 2.67 bits per heavy atom. The predicted molar refractivity (Wildman–Crippen MR) is 80.5 cm³/mol. The number of carboxylic acids is 1. The third-order valence-electron chi connectivity index (χ3n) is 4.36. The number of carboxylic acid groups (broad SMARTS) is 1. The highest BCUT2D eigenvalue weighted by Gasteiger charge is 2.42. The summed E-state index contributed by atoms with van der Waals surface area (Å²) in [5, 5.41) is 9.55. The summed E-state index contributed by atoms with van der Waals surface area (Å²) >= 11 is 0. The second-order valence-electron chi connectivity index (χ2n) is 6.09. The van der Waals surface area contributed by atoms with Crippen molar-refractivity contribution in [2.45, 2.75) is 32.1 Å². The van der Waals surface area contributed by atoms with Crippen LogP contribution in [0.3, 0.4) is 0 Å². The van der Waals surface area contributed by atoms with Crippen molar-refractivity contribution in [3.8, 4) is 0 Å². The summed E-state index contributed by atoms with van der Waals surface area (Å²) in [6.07, 6.45) is 3.88. The number of carbonyl (C=O) groups is 1. The Morgan fingerprint density at radius 1 is 1.33 bits per heavy atom. The summed E-state index contributed by atoms with van der Waals surface area (Å²) in [5.74, 6) is 0.856. The first-order chi connectivity index (χ1) is 10.00. The van der Waals surface area contributed by atoms with E-state index in [1.807, 2.05) is 31.1 Å². The van der Waals surface area contributed by atoms with Crippen LogP contribution >= 0.6 is 0 Å². The Morgan fingerprint density at radius 2 is 2.05 bits per heavy atom. The minimum atomic E-state index is -0.706. The molecule has 0 spiro atoms. The highest BCUT2D eigenvalue weighted by atomic mass is 16.4. The number of pyridine rings is 1. The Bertz CT molecular complexity index is 671. The lowest BCUT2D eigenvalue weighted by Crippen LogP contribution is -2.30. The minimum absolute atomic E-state index is 0.454. The van der Waals surface area contributed by atoms with Gasteiger partial charge in [0.15, 0.2) is 5.65 Å². The SMILES string of the molecule is CN(C)c1ccc2[nH]c(CC3(C(=O)O)CCCC3)nc2n1. The first-order valence-corrected chi connectivity index (χ1v) is 7.27. The largest absolute Gasteiger partial charge is 0.481 e. The van der Waals surface area contributed by atoms with Crippen LogP contribution in [-0.2, 0) is 11.2 Å². The molecule has 1 saturated carbocycles. The van der Waals surface area contributed by atoms with E-state index in [1.165, 1.54) is 0 Å². The van der Waals surface area contributed by atoms with Gasteiger partial charge in [0.1, 0.15) is 11.6 Å². The lowest BCUT2D eigenvalue weighted by Gasteiger charge is -2.22. The summed E-state index contributed by atoms with van der Waals surface area (Å²) in [5.41, 5.74) is 0.849. The Balaban J connectivity index is 1.92. The number of hydrogen-bond donors (Lipinski definition) is 2. The van der Waals surface area contributed by atoms with E-state index in [0.717, 1.165) is 42.8 Å². The average Bonchev–Trinajstić information content (AvgIpc) is 3.04. The molecule has 0 aliphatic heterocycles. The van der Waals surface area contributed by atoms with Crippen LogP contribution in [-0.4, -0.2) is 40.1 Å². The number of fused-ring (bicyclic) bond motifs is 1. The number of aromatic nitrogens is 3. The maximum atomic E-state index is 11.6. The summed E-state index contributed by atoms with van der Waals surface area (Å²) in [7, 11) is 3.86. The zero-order valence-electron chi connectivity index (χ0n) is 12.4. The number of nitrogens with one attached hydrogen (secondary N) is 1. The van der Waals surface area contributed by atoms with E-state index in [4.69, 9.17) is 0 Å². The van der Waals surface area contributed by atoms with Crippen molar-refractivity contribution in [2.24, 2.45) is 5.41 Å². The van der Waals surface area contributed by atoms with Crippen LogP contribution in [0.2, 0.25) is 0 Å². The zero-order valence-corrected chi connectivity index (χ0v) is 12.4. The van der Waals surface area contributed by atoms with Crippen molar-refractivity contribution in [3.63, 3.8) is 0 Å². The van der Waals surface area contributed by atoms with Gasteiger partial charge in [-0.2, -0.15) is 0 Å². The van der Waals surface area contributed by atoms with Crippen molar-refractivity contribution >= 4 is 23.0 Å². The van der Waals surface area contributed by atoms with E-state index in [0.29, 0.717) is 12.1 Å². The van der Waals surface area contributed by atoms with Gasteiger partial charge in [0, 0.05) is 20.5 Å². The molecular formula is C15H20N4O2. The van der Waals surface area contributed by atoms with Crippen molar-refractivity contribution in [1.29, 1.82) is 0 Å². The van der Waals surface area contributed by atoms with Gasteiger partial charge in [-0.1, -0.05) is 12.8 Å². The molecule has 21 heavy (non-hydrogen) atoms. The molecule has 2 aromatic heterocycles. The molecule has 0 aromatic carbocycles. The van der Waals surface area contributed by atoms with E-state index in [2.05, 4.69) is 15.0 Å².